The molecule has 8 nitrogen and oxygen atoms in total. The first-order chi connectivity index (χ1) is 14.8. The number of hydrogen-bond donors (Lipinski definition) is 3. The molecule has 0 bridgehead atoms. The minimum Gasteiger partial charge on any atom is -0.507 e. The fourth-order valence-corrected chi connectivity index (χ4v) is 4.52. The number of nitrogens with zero attached hydrogens (tertiary/aromatic N) is 5. The lowest BCUT2D eigenvalue weighted by Gasteiger charge is -2.18. The van der Waals surface area contributed by atoms with Crippen LogP contribution < -0.4 is 10.2 Å². The Morgan fingerprint density at radius 3 is 2.59 bits per heavy atom. The molecule has 0 spiro atoms. The van der Waals surface area contributed by atoms with Crippen LogP contribution in [0, 0.1) is 5.92 Å². The van der Waals surface area contributed by atoms with Crippen LogP contribution in [0.25, 0.3) is 22.4 Å². The number of aromatic nitrogens is 5. The highest BCUT2D eigenvalue weighted by Crippen LogP contribution is 2.32. The number of phenols is 1. The Morgan fingerprint density at radius 1 is 1.06 bits per heavy atom. The fraction of sp³-hybridized carbons (Fsp3) is 0.455. The number of aromatic hydroxyl groups is 1. The van der Waals surface area contributed by atoms with Crippen LogP contribution in [0.2, 0.25) is 0 Å². The summed E-state index contributed by atoms with van der Waals surface area (Å²) in [7, 11) is 0. The predicted molar refractivity (Wildman–Crippen MR) is 130 cm³/mol. The molecule has 32 heavy (non-hydrogen) atoms. The number of rotatable bonds is 6. The molecule has 1 unspecified atom stereocenters. The van der Waals surface area contributed by atoms with Crippen LogP contribution in [-0.2, 0) is 0 Å². The van der Waals surface area contributed by atoms with Crippen LogP contribution in [-0.4, -0.2) is 56.2 Å². The fourth-order valence-electron chi connectivity index (χ4n) is 4.52. The van der Waals surface area contributed by atoms with E-state index in [0.717, 1.165) is 37.2 Å². The van der Waals surface area contributed by atoms with Gasteiger partial charge in [-0.2, -0.15) is 5.10 Å². The summed E-state index contributed by atoms with van der Waals surface area (Å²) in [5.41, 5.74) is 2.99. The molecular weight excluding hydrogens is 449 g/mol. The van der Waals surface area contributed by atoms with Crippen molar-refractivity contribution in [2.75, 3.05) is 24.5 Å². The first-order valence-corrected chi connectivity index (χ1v) is 10.8. The molecule has 1 saturated carbocycles. The van der Waals surface area contributed by atoms with Crippen molar-refractivity contribution in [1.82, 2.24) is 30.7 Å². The van der Waals surface area contributed by atoms with E-state index in [9.17, 15) is 5.11 Å². The van der Waals surface area contributed by atoms with E-state index in [1.165, 1.54) is 25.7 Å². The third-order valence-corrected chi connectivity index (χ3v) is 6.27. The van der Waals surface area contributed by atoms with Crippen molar-refractivity contribution < 1.29 is 5.11 Å². The summed E-state index contributed by atoms with van der Waals surface area (Å²) in [6.07, 6.45) is 11.7. The number of hydrogen-bond acceptors (Lipinski definition) is 7. The average molecular weight is 478 g/mol. The van der Waals surface area contributed by atoms with Gasteiger partial charge < -0.3 is 15.3 Å². The molecular formula is C22H29Cl2N7O. The molecule has 1 saturated heterocycles. The van der Waals surface area contributed by atoms with E-state index in [4.69, 9.17) is 0 Å². The van der Waals surface area contributed by atoms with Crippen LogP contribution in [0.15, 0.2) is 36.8 Å². The molecule has 3 N–H and O–H groups in total. The van der Waals surface area contributed by atoms with E-state index in [1.807, 2.05) is 12.1 Å². The first kappa shape index (κ1) is 24.2. The Morgan fingerprint density at radius 2 is 1.91 bits per heavy atom. The highest BCUT2D eigenvalue weighted by molar-refractivity contribution is 5.85. The van der Waals surface area contributed by atoms with Crippen molar-refractivity contribution in [3.05, 3.63) is 36.8 Å². The second-order valence-corrected chi connectivity index (χ2v) is 8.35. The molecule has 1 aliphatic carbocycles. The Bertz CT molecular complexity index is 978. The van der Waals surface area contributed by atoms with Gasteiger partial charge in [0.1, 0.15) is 11.4 Å². The minimum absolute atomic E-state index is 0. The van der Waals surface area contributed by atoms with Crippen LogP contribution in [0.5, 0.6) is 5.75 Å². The van der Waals surface area contributed by atoms with Crippen LogP contribution in [0.1, 0.15) is 32.1 Å². The second-order valence-electron chi connectivity index (χ2n) is 8.35. The molecule has 3 aromatic rings. The van der Waals surface area contributed by atoms with Gasteiger partial charge in [0.2, 0.25) is 5.95 Å². The Kier molecular flexibility index (Phi) is 8.28. The van der Waals surface area contributed by atoms with E-state index >= 15 is 0 Å². The molecule has 1 aromatic carbocycles. The highest BCUT2D eigenvalue weighted by atomic mass is 35.5. The van der Waals surface area contributed by atoms with Crippen molar-refractivity contribution in [2.45, 2.75) is 38.1 Å². The largest absolute Gasteiger partial charge is 0.507 e. The summed E-state index contributed by atoms with van der Waals surface area (Å²) in [5, 5.41) is 29.6. The number of anilines is 1. The van der Waals surface area contributed by atoms with Crippen LogP contribution in [0.3, 0.4) is 0 Å². The molecule has 3 heterocycles. The lowest BCUT2D eigenvalue weighted by atomic mass is 10.0. The summed E-state index contributed by atoms with van der Waals surface area (Å²) in [6.45, 7) is 3.00. The van der Waals surface area contributed by atoms with Crippen LogP contribution >= 0.6 is 24.8 Å². The van der Waals surface area contributed by atoms with Gasteiger partial charge in [-0.3, -0.25) is 5.10 Å². The molecule has 2 fully saturated rings. The maximum Gasteiger partial charge on any atom is 0.245 e. The Balaban J connectivity index is 0.00000144. The van der Waals surface area contributed by atoms with Gasteiger partial charge in [0.15, 0.2) is 0 Å². The number of benzene rings is 1. The maximum atomic E-state index is 10.5. The van der Waals surface area contributed by atoms with Gasteiger partial charge in [-0.1, -0.05) is 18.9 Å². The van der Waals surface area contributed by atoms with E-state index in [1.54, 1.807) is 24.7 Å². The molecule has 0 radical (unpaired) electrons. The molecule has 1 atom stereocenters. The van der Waals surface area contributed by atoms with Crippen molar-refractivity contribution in [3.8, 4) is 28.1 Å². The second kappa shape index (κ2) is 10.9. The van der Waals surface area contributed by atoms with Crippen molar-refractivity contribution >= 4 is 30.8 Å². The van der Waals surface area contributed by atoms with Gasteiger partial charge in [-0.25, -0.2) is 4.98 Å². The standard InChI is InChI=1S/C22H27N7O.2ClH/c30-21-9-16(17-11-25-26-12-17)5-6-19(21)20-13-24-22(28-27-20)29-8-7-15(14-29)10-23-18-3-1-2-4-18;;/h5-6,9,11-13,15,18,23,30H,1-4,7-8,10,14H2,(H,25,26);2*1H. The molecule has 172 valence electrons. The average Bonchev–Trinajstić information content (AvgIpc) is 3.55. The minimum atomic E-state index is 0. The van der Waals surface area contributed by atoms with Crippen molar-refractivity contribution in [1.29, 1.82) is 0 Å². The molecule has 10 heteroatoms. The molecule has 2 aliphatic rings. The van der Waals surface area contributed by atoms with E-state index in [2.05, 4.69) is 35.6 Å². The smallest absolute Gasteiger partial charge is 0.245 e. The lowest BCUT2D eigenvalue weighted by Crippen LogP contribution is -2.32. The molecule has 2 aromatic heterocycles. The summed E-state index contributed by atoms with van der Waals surface area (Å²) in [4.78, 5) is 6.74. The highest BCUT2D eigenvalue weighted by Gasteiger charge is 2.26. The molecule has 0 amide bonds. The van der Waals surface area contributed by atoms with E-state index in [-0.39, 0.29) is 30.6 Å². The van der Waals surface area contributed by atoms with E-state index in [0.29, 0.717) is 29.2 Å². The van der Waals surface area contributed by atoms with Gasteiger partial charge >= 0.3 is 0 Å². The topological polar surface area (TPSA) is 103 Å². The van der Waals surface area contributed by atoms with Gasteiger partial charge in [0, 0.05) is 36.5 Å². The van der Waals surface area contributed by atoms with Crippen molar-refractivity contribution in [3.63, 3.8) is 0 Å². The summed E-state index contributed by atoms with van der Waals surface area (Å²) in [5.74, 6) is 1.45. The van der Waals surface area contributed by atoms with E-state index < -0.39 is 0 Å². The zero-order chi connectivity index (χ0) is 20.3. The molecule has 1 aliphatic heterocycles. The molecule has 5 rings (SSSR count). The quantitative estimate of drug-likeness (QED) is 0.495. The third kappa shape index (κ3) is 5.31. The third-order valence-electron chi connectivity index (χ3n) is 6.27. The summed E-state index contributed by atoms with van der Waals surface area (Å²) < 4.78 is 0. The zero-order valence-electron chi connectivity index (χ0n) is 17.8. The van der Waals surface area contributed by atoms with Crippen molar-refractivity contribution in [2.24, 2.45) is 5.92 Å². The van der Waals surface area contributed by atoms with Gasteiger partial charge in [-0.05, 0) is 49.4 Å². The summed E-state index contributed by atoms with van der Waals surface area (Å²) in [6, 6.07) is 6.18. The number of halogens is 2. The van der Waals surface area contributed by atoms with Crippen LogP contribution in [0.4, 0.5) is 5.95 Å². The van der Waals surface area contributed by atoms with Gasteiger partial charge in [-0.15, -0.1) is 35.0 Å². The number of phenolic OH excluding ortho intramolecular Hbond substituents is 1. The summed E-state index contributed by atoms with van der Waals surface area (Å²) >= 11 is 0. The monoisotopic (exact) mass is 477 g/mol. The Hall–Kier alpha value is -2.42. The number of aromatic amines is 1. The van der Waals surface area contributed by atoms with Gasteiger partial charge in [0.25, 0.3) is 0 Å². The zero-order valence-corrected chi connectivity index (χ0v) is 19.4. The van der Waals surface area contributed by atoms with Gasteiger partial charge in [0.05, 0.1) is 12.4 Å². The SMILES string of the molecule is Cl.Cl.Oc1cc(-c2cn[nH]c2)ccc1-c1cnc(N2CCC(CNC3CCCC3)C2)nn1. The number of H-pyrrole nitrogens is 1. The predicted octanol–water partition coefficient (Wildman–Crippen LogP) is 3.84. The first-order valence-electron chi connectivity index (χ1n) is 10.8. The Labute approximate surface area is 200 Å². The normalized spacial score (nSPS) is 18.4. The maximum absolute atomic E-state index is 10.5. The lowest BCUT2D eigenvalue weighted by molar-refractivity contribution is 0.450. The number of nitrogens with one attached hydrogen (secondary N) is 2.